The molecule has 0 unspecified atom stereocenters. The Morgan fingerprint density at radius 2 is 0.543 bits per heavy atom. The highest BCUT2D eigenvalue weighted by Crippen LogP contribution is 2.44. The van der Waals surface area contributed by atoms with Gasteiger partial charge in [-0.1, -0.05) is 255 Å². The summed E-state index contributed by atoms with van der Waals surface area (Å²) in [5, 5.41) is 9.53. The maximum Gasteiger partial charge on any atom is 0.347 e. The quantitative estimate of drug-likeness (QED) is 0.103. The molecule has 2 N–H and O–H groups in total. The van der Waals surface area contributed by atoms with Crippen LogP contribution in [0.2, 0.25) is 0 Å². The van der Waals surface area contributed by atoms with E-state index in [1.165, 1.54) is 0 Å². The van der Waals surface area contributed by atoms with Crippen LogP contribution in [0.4, 0.5) is 0 Å². The third-order valence-electron chi connectivity index (χ3n) is 15.2. The number of aromatic amines is 2. The smallest absolute Gasteiger partial charge is 0.347 e. The van der Waals surface area contributed by atoms with Crippen molar-refractivity contribution < 1.29 is 8.85 Å². The summed E-state index contributed by atoms with van der Waals surface area (Å²) in [6.07, 6.45) is 0. The Hall–Kier alpha value is -10.2. The highest BCUT2D eigenvalue weighted by Gasteiger charge is 2.48. The average Bonchev–Trinajstić information content (AvgIpc) is 3.86. The van der Waals surface area contributed by atoms with E-state index in [1.54, 1.807) is 0 Å². The molecule has 2 aliphatic heterocycles. The van der Waals surface area contributed by atoms with Crippen LogP contribution < -0.4 is 40.0 Å². The first-order chi connectivity index (χ1) is 39.6. The van der Waals surface area contributed by atoms with E-state index in [0.717, 1.165) is 69.5 Å². The normalized spacial score (nSPS) is 11.9. The van der Waals surface area contributed by atoms with Gasteiger partial charge >= 0.3 is 16.6 Å². The van der Waals surface area contributed by atoms with Gasteiger partial charge < -0.3 is 18.8 Å². The van der Waals surface area contributed by atoms with Gasteiger partial charge in [-0.05, 0) is 54.2 Å². The first kappa shape index (κ1) is 49.1. The van der Waals surface area contributed by atoms with Crippen molar-refractivity contribution in [3.05, 3.63) is 267 Å². The molecule has 10 nitrogen and oxygen atoms in total. The second-order valence-electron chi connectivity index (χ2n) is 19.8. The molecule has 0 atom stereocenters. The van der Waals surface area contributed by atoms with Crippen molar-refractivity contribution >= 4 is 103 Å². The van der Waals surface area contributed by atoms with Gasteiger partial charge in [-0.25, -0.2) is 29.9 Å². The van der Waals surface area contributed by atoms with E-state index in [4.69, 9.17) is 38.8 Å². The zero-order valence-electron chi connectivity index (χ0n) is 42.9. The molecule has 8 bridgehead atoms. The predicted molar refractivity (Wildman–Crippen MR) is 337 cm³/mol. The molecule has 13 heteroatoms. The zero-order valence-corrected chi connectivity index (χ0v) is 44.9. The van der Waals surface area contributed by atoms with Crippen LogP contribution in [-0.4, -0.2) is 67.5 Å². The van der Waals surface area contributed by atoms with Crippen LogP contribution in [0.25, 0.3) is 89.7 Å². The summed E-state index contributed by atoms with van der Waals surface area (Å²) in [4.78, 5) is 39.5. The minimum atomic E-state index is -3.64. The van der Waals surface area contributed by atoms with Gasteiger partial charge in [0.2, 0.25) is 0 Å². The van der Waals surface area contributed by atoms with E-state index in [9.17, 15) is 0 Å². The van der Waals surface area contributed by atoms with Crippen LogP contribution in [0.1, 0.15) is 0 Å². The molecule has 0 spiro atoms. The van der Waals surface area contributed by atoms with Crippen molar-refractivity contribution in [1.82, 2.24) is 39.9 Å². The lowest BCUT2D eigenvalue weighted by Gasteiger charge is -2.37. The Morgan fingerprint density at radius 1 is 0.259 bits per heavy atom. The molecule has 5 heterocycles. The number of rotatable bonds is 10. The van der Waals surface area contributed by atoms with Gasteiger partial charge in [-0.2, -0.15) is 0 Å². The molecule has 0 radical (unpaired) electrons. The summed E-state index contributed by atoms with van der Waals surface area (Å²) in [6.45, 7) is 0. The van der Waals surface area contributed by atoms with E-state index in [-0.39, 0.29) is 11.0 Å². The van der Waals surface area contributed by atoms with Crippen molar-refractivity contribution in [1.29, 1.82) is 0 Å². The molecule has 386 valence electrons. The predicted octanol–water partition coefficient (Wildman–Crippen LogP) is 9.51. The fraction of sp³-hybridized carbons (Fsp3) is 0. The number of nitrogens with one attached hydrogen (secondary N) is 2. The molecular weight excluding hydrogens is 1050 g/mol. The first-order valence-corrected chi connectivity index (χ1v) is 30.4. The first-order valence-electron chi connectivity index (χ1n) is 26.6. The topological polar surface area (TPSA) is 127 Å². The lowest BCUT2D eigenvalue weighted by molar-refractivity contribution is 0.511. The average molecular weight is 1100 g/mol. The third kappa shape index (κ3) is 8.20. The molecular formula is C68H50N8O2Si3. The van der Waals surface area contributed by atoms with Crippen LogP contribution in [0.3, 0.4) is 0 Å². The third-order valence-corrected chi connectivity index (χ3v) is 23.2. The second-order valence-corrected chi connectivity index (χ2v) is 26.4. The van der Waals surface area contributed by atoms with Crippen LogP contribution >= 0.6 is 0 Å². The summed E-state index contributed by atoms with van der Waals surface area (Å²) >= 11 is 0. The Labute approximate surface area is 472 Å². The number of H-pyrrole nitrogens is 2. The molecule has 0 fully saturated rings. The maximum atomic E-state index is 8.43. The lowest BCUT2D eigenvalue weighted by Crippen LogP contribution is -2.72. The molecule has 81 heavy (non-hydrogen) atoms. The minimum absolute atomic E-state index is 0. The van der Waals surface area contributed by atoms with E-state index >= 15 is 0 Å². The van der Waals surface area contributed by atoms with Gasteiger partial charge in [0, 0.05) is 38.4 Å². The standard InChI is InChI=1S/C68H46N8O2Si2.H4Si/c1-7-25-45(26-8-1)79(46-27-9-2-10-28-46,47-29-11-3-12-30-47)77-58-44-43-57-59(60(58)78-80(48-31-13-4-14-32-48,49-33-15-5-16-34-49)50-35-17-6-18-36-50)68-75-66-56-42-24-23-41-55(56)64(73-66)71-62-52-38-20-19-37-51(52)61(69-62)70-63-53-39-21-22-40-54(53)65(72-63)74-67(57)76-68;/h1-44H,(H2,69,70,71,72,73,74,75,76);1H4. The molecule has 10 aromatic carbocycles. The zero-order chi connectivity index (χ0) is 53.0. The summed E-state index contributed by atoms with van der Waals surface area (Å²) < 4.78 is 16.6. The van der Waals surface area contributed by atoms with Gasteiger partial charge in [0.05, 0.1) is 5.39 Å². The van der Waals surface area contributed by atoms with Gasteiger partial charge in [-0.15, -0.1) is 0 Å². The van der Waals surface area contributed by atoms with Crippen molar-refractivity contribution in [3.8, 4) is 57.1 Å². The van der Waals surface area contributed by atoms with Crippen molar-refractivity contribution in [2.75, 3.05) is 0 Å². The van der Waals surface area contributed by atoms with Crippen LogP contribution in [0, 0.1) is 0 Å². The molecule has 2 aliphatic rings. The number of fused-ring (bicyclic) bond motifs is 20. The molecule has 0 saturated heterocycles. The number of aromatic nitrogens is 8. The van der Waals surface area contributed by atoms with Gasteiger partial charge in [-0.3, -0.25) is 0 Å². The summed E-state index contributed by atoms with van der Waals surface area (Å²) in [5.41, 5.74) is 5.62. The van der Waals surface area contributed by atoms with Crippen molar-refractivity contribution in [3.63, 3.8) is 0 Å². The summed E-state index contributed by atoms with van der Waals surface area (Å²) in [6, 6.07) is 92.2. The number of hydrogen-bond donors (Lipinski definition) is 2. The SMILES string of the molecule is [SiH4].c1ccc([Si](Oc2ccc3c4nc5nc(nc6[nH]c(nc7nc(nc([nH]4)c3c2O[Si](c2ccccc2)(c2ccccc2)c2ccccc2)-c2ccccc2-7)c2ccccc62)-c2ccccc2-5)(c2ccccc2)c2ccccc2)cc1. The van der Waals surface area contributed by atoms with Crippen molar-refractivity contribution in [2.45, 2.75) is 0 Å². The van der Waals surface area contributed by atoms with Crippen LogP contribution in [0.15, 0.2) is 267 Å². The highest BCUT2D eigenvalue weighted by atomic mass is 28.4. The highest BCUT2D eigenvalue weighted by molar-refractivity contribution is 7.08. The molecule has 15 rings (SSSR count). The summed E-state index contributed by atoms with van der Waals surface area (Å²) in [5.74, 6) is 3.04. The fourth-order valence-corrected chi connectivity index (χ4v) is 19.2. The molecule has 3 aromatic heterocycles. The van der Waals surface area contributed by atoms with Gasteiger partial charge in [0.15, 0.2) is 29.0 Å². The Balaban J connectivity index is 0.00000589. The van der Waals surface area contributed by atoms with Crippen LogP contribution in [-0.2, 0) is 0 Å². The van der Waals surface area contributed by atoms with E-state index in [2.05, 4.69) is 204 Å². The van der Waals surface area contributed by atoms with Gasteiger partial charge in [0.1, 0.15) is 28.3 Å². The van der Waals surface area contributed by atoms with Gasteiger partial charge in [0.25, 0.3) is 0 Å². The number of nitrogens with zero attached hydrogens (tertiary/aromatic N) is 6. The van der Waals surface area contributed by atoms with Crippen LogP contribution in [0.5, 0.6) is 11.5 Å². The summed E-state index contributed by atoms with van der Waals surface area (Å²) in [7, 11) is -7.17. The second kappa shape index (κ2) is 20.2. The minimum Gasteiger partial charge on any atom is -0.528 e. The van der Waals surface area contributed by atoms with E-state index < -0.39 is 16.6 Å². The Bertz CT molecular complexity index is 4470. The lowest BCUT2D eigenvalue weighted by atomic mass is 10.1. The van der Waals surface area contributed by atoms with E-state index in [1.807, 2.05) is 72.8 Å². The Kier molecular flexibility index (Phi) is 12.3. The Morgan fingerprint density at radius 3 is 0.901 bits per heavy atom. The molecule has 0 amide bonds. The number of hydrogen-bond acceptors (Lipinski definition) is 8. The molecule has 0 aliphatic carbocycles. The molecule has 13 aromatic rings. The monoisotopic (exact) mass is 1090 g/mol. The largest absolute Gasteiger partial charge is 0.528 e. The molecule has 0 saturated carbocycles. The number of benzene rings is 10. The van der Waals surface area contributed by atoms with E-state index in [0.29, 0.717) is 62.8 Å². The van der Waals surface area contributed by atoms with Crippen molar-refractivity contribution in [2.24, 2.45) is 0 Å². The fourth-order valence-electron chi connectivity index (χ4n) is 11.6. The maximum absolute atomic E-state index is 8.43.